The van der Waals surface area contributed by atoms with Gasteiger partial charge in [0.2, 0.25) is 0 Å². The minimum absolute atomic E-state index is 0.0378. The molecule has 22 heteroatoms. The van der Waals surface area contributed by atoms with Crippen LogP contribution in [0.4, 0.5) is 9.59 Å². The van der Waals surface area contributed by atoms with E-state index in [1.165, 1.54) is 22.0 Å². The van der Waals surface area contributed by atoms with Gasteiger partial charge in [0.05, 0.1) is 41.1 Å². The summed E-state index contributed by atoms with van der Waals surface area (Å²) in [7, 11) is 0. The number of hydrazine groups is 1. The Morgan fingerprint density at radius 2 is 1.13 bits per heavy atom. The van der Waals surface area contributed by atoms with Crippen molar-refractivity contribution in [2.24, 2.45) is 0 Å². The zero-order valence-corrected chi connectivity index (χ0v) is 39.3. The number of hydrogen-bond donors (Lipinski definition) is 0. The van der Waals surface area contributed by atoms with Gasteiger partial charge in [-0.1, -0.05) is 121 Å². The molecule has 0 N–H and O–H groups in total. The third-order valence-corrected chi connectivity index (χ3v) is 14.4. The van der Waals surface area contributed by atoms with Gasteiger partial charge in [0.25, 0.3) is 11.8 Å². The van der Waals surface area contributed by atoms with Crippen LogP contribution in [-0.4, -0.2) is 96.6 Å². The highest BCUT2D eigenvalue weighted by molar-refractivity contribution is 8.26. The number of fused-ring (bicyclic) bond motifs is 2. The number of rotatable bonds is 18. The monoisotopic (exact) mass is 988 g/mol. The van der Waals surface area contributed by atoms with Crippen molar-refractivity contribution >= 4 is 89.1 Å². The first-order valence-electron chi connectivity index (χ1n) is 20.1. The molecular weight excluding hydrogens is 949 g/mol. The summed E-state index contributed by atoms with van der Waals surface area (Å²) in [6.45, 7) is 10.9. The number of nitriles is 1. The Morgan fingerprint density at radius 1 is 0.687 bits per heavy atom. The molecule has 3 aromatic carbocycles. The first kappa shape index (κ1) is 49.8. The van der Waals surface area contributed by atoms with E-state index in [0.717, 1.165) is 64.3 Å². The lowest BCUT2D eigenvalue weighted by atomic mass is 10.2. The van der Waals surface area contributed by atoms with Crippen molar-refractivity contribution in [3.05, 3.63) is 116 Å². The van der Waals surface area contributed by atoms with Gasteiger partial charge >= 0.3 is 30.2 Å². The summed E-state index contributed by atoms with van der Waals surface area (Å²) in [5, 5.41) is 14.3. The van der Waals surface area contributed by atoms with Crippen LogP contribution in [0.3, 0.4) is 0 Å². The maximum Gasteiger partial charge on any atom is 0.514 e. The molecule has 2 amide bonds. The molecule has 0 atom stereocenters. The van der Waals surface area contributed by atoms with E-state index in [2.05, 4.69) is 13.2 Å². The van der Waals surface area contributed by atoms with Gasteiger partial charge in [-0.3, -0.25) is 9.59 Å². The van der Waals surface area contributed by atoms with Gasteiger partial charge in [-0.2, -0.15) is 5.26 Å². The van der Waals surface area contributed by atoms with Crippen molar-refractivity contribution < 1.29 is 66.8 Å². The minimum Gasteiger partial charge on any atom is -0.459 e. The normalized spacial score (nSPS) is 14.5. The van der Waals surface area contributed by atoms with E-state index in [1.807, 2.05) is 66.7 Å². The van der Waals surface area contributed by atoms with E-state index in [4.69, 9.17) is 33.3 Å². The van der Waals surface area contributed by atoms with Crippen LogP contribution in [0.5, 0.6) is 11.5 Å². The van der Waals surface area contributed by atoms with Gasteiger partial charge in [0.1, 0.15) is 38.1 Å². The number of thioether (sulfide) groups is 4. The predicted molar refractivity (Wildman–Crippen MR) is 243 cm³/mol. The number of nitrogens with zero attached hydrogens (tertiary/aromatic N) is 4. The zero-order valence-electron chi connectivity index (χ0n) is 36.1. The minimum atomic E-state index is -1.27. The van der Waals surface area contributed by atoms with Crippen LogP contribution < -0.4 is 9.47 Å². The largest absolute Gasteiger partial charge is 0.514 e. The third-order valence-electron chi connectivity index (χ3n) is 9.17. The van der Waals surface area contributed by atoms with Crippen molar-refractivity contribution in [3.63, 3.8) is 0 Å². The standard InChI is InChI=1S/C45H40N4O14S4/c1-6-30(50)57-19-21-59-44(55)61-32-34-35(65-42(64-34)29(23-46)41(54)63-47(7-2)8-3)33(62-45(56)60-22-20-58-40(53)26(4)5)37-36(32)66-43(67-37)31-38(51)48(24-27-15-11-9-12-16-27)49(39(31)52)25-28-17-13-10-14-18-28/h6,9-18H,1,4,7-8,19-22,24-25H2,2-3,5H3/b42-29-. The molecule has 3 heterocycles. The molecule has 67 heavy (non-hydrogen) atoms. The maximum absolute atomic E-state index is 14.6. The molecule has 1 fully saturated rings. The Kier molecular flexibility index (Phi) is 17.2. The Balaban J connectivity index is 1.45. The number of hydrogen-bond acceptors (Lipinski definition) is 20. The molecule has 6 rings (SSSR count). The average molecular weight is 989 g/mol. The molecule has 3 aromatic rings. The summed E-state index contributed by atoms with van der Waals surface area (Å²) in [6.07, 6.45) is -1.62. The van der Waals surface area contributed by atoms with Crippen LogP contribution >= 0.6 is 47.0 Å². The van der Waals surface area contributed by atoms with Gasteiger partial charge in [0, 0.05) is 24.7 Å². The number of hydroxylamine groups is 2. The Morgan fingerprint density at radius 3 is 1.57 bits per heavy atom. The van der Waals surface area contributed by atoms with Crippen molar-refractivity contribution in [2.45, 2.75) is 53.4 Å². The summed E-state index contributed by atoms with van der Waals surface area (Å²) in [5.74, 6) is -4.15. The predicted octanol–water partition coefficient (Wildman–Crippen LogP) is 7.69. The summed E-state index contributed by atoms with van der Waals surface area (Å²) in [6, 6.07) is 20.0. The van der Waals surface area contributed by atoms with Crippen molar-refractivity contribution in [1.82, 2.24) is 15.1 Å². The summed E-state index contributed by atoms with van der Waals surface area (Å²) in [5.41, 5.74) is 0.956. The second-order valence-corrected chi connectivity index (χ2v) is 18.3. The molecule has 0 radical (unpaired) electrons. The number of carbonyl (C=O) groups is 7. The molecule has 0 bridgehead atoms. The number of benzene rings is 3. The van der Waals surface area contributed by atoms with Crippen LogP contribution in [-0.2, 0) is 60.8 Å². The van der Waals surface area contributed by atoms with Gasteiger partial charge < -0.3 is 33.3 Å². The van der Waals surface area contributed by atoms with E-state index in [0.29, 0.717) is 13.1 Å². The van der Waals surface area contributed by atoms with Crippen molar-refractivity contribution in [2.75, 3.05) is 39.5 Å². The van der Waals surface area contributed by atoms with Gasteiger partial charge in [-0.05, 0) is 31.9 Å². The van der Waals surface area contributed by atoms with Gasteiger partial charge in [-0.15, -0.1) is 5.06 Å². The van der Waals surface area contributed by atoms with Crippen molar-refractivity contribution in [1.29, 1.82) is 5.26 Å². The first-order chi connectivity index (χ1) is 32.3. The molecule has 348 valence electrons. The quantitative estimate of drug-likeness (QED) is 0.0174. The molecule has 0 aliphatic carbocycles. The number of amides is 2. The molecule has 3 aliphatic heterocycles. The molecule has 0 spiro atoms. The third kappa shape index (κ3) is 12.0. The van der Waals surface area contributed by atoms with Gasteiger partial charge in [0.15, 0.2) is 17.1 Å². The van der Waals surface area contributed by atoms with Crippen LogP contribution in [0.1, 0.15) is 31.9 Å². The lowest BCUT2D eigenvalue weighted by Gasteiger charge is -2.27. The lowest BCUT2D eigenvalue weighted by Crippen LogP contribution is -2.39. The fourth-order valence-corrected chi connectivity index (χ4v) is 11.4. The van der Waals surface area contributed by atoms with E-state index in [9.17, 15) is 38.8 Å². The molecule has 0 saturated carbocycles. The molecule has 3 aliphatic rings. The van der Waals surface area contributed by atoms with E-state index in [1.54, 1.807) is 13.8 Å². The van der Waals surface area contributed by atoms with E-state index < -0.39 is 60.8 Å². The highest BCUT2D eigenvalue weighted by Crippen LogP contribution is 2.68. The first-order valence-corrected chi connectivity index (χ1v) is 23.4. The van der Waals surface area contributed by atoms with Crippen LogP contribution in [0.15, 0.2) is 125 Å². The molecular formula is C45H40N4O14S4. The summed E-state index contributed by atoms with van der Waals surface area (Å²) >= 11 is 3.37. The van der Waals surface area contributed by atoms with Crippen LogP contribution in [0.2, 0.25) is 0 Å². The molecule has 18 nitrogen and oxygen atoms in total. The highest BCUT2D eigenvalue weighted by atomic mass is 32.2. The smallest absolute Gasteiger partial charge is 0.459 e. The Hall–Kier alpha value is -6.64. The molecule has 1 saturated heterocycles. The number of ether oxygens (including phenoxy) is 6. The fourth-order valence-electron chi connectivity index (χ4n) is 5.99. The maximum atomic E-state index is 14.6. The van der Waals surface area contributed by atoms with E-state index >= 15 is 0 Å². The van der Waals surface area contributed by atoms with Crippen LogP contribution in [0, 0.1) is 11.3 Å². The van der Waals surface area contributed by atoms with Crippen LogP contribution in [0.25, 0.3) is 0 Å². The molecule has 0 unspecified atom stereocenters. The second-order valence-electron chi connectivity index (χ2n) is 13.7. The summed E-state index contributed by atoms with van der Waals surface area (Å²) in [4.78, 5) is 98.6. The topological polar surface area (TPSA) is 218 Å². The second kappa shape index (κ2) is 23.2. The summed E-state index contributed by atoms with van der Waals surface area (Å²) < 4.78 is 32.3. The highest BCUT2D eigenvalue weighted by Gasteiger charge is 2.47. The SMILES string of the molecule is C=CC(=O)OCCOC(=O)Oc1c2c(c(OC(=O)OCCOC(=O)C(=C)C)c3c1S/C(=C(\C#N)C(=O)ON(CC)CC)S3)SC(=C1C(=O)N(Cc3ccccc3)N(Cc3ccccc3)C1=O)S2. The van der Waals surface area contributed by atoms with Gasteiger partial charge in [-0.25, -0.2) is 34.0 Å². The number of carbonyl (C=O) groups excluding carboxylic acids is 7. The lowest BCUT2D eigenvalue weighted by molar-refractivity contribution is -0.183. The number of esters is 2. The Labute approximate surface area is 401 Å². The Bertz CT molecular complexity index is 2550. The zero-order chi connectivity index (χ0) is 48.2. The average Bonchev–Trinajstić information content (AvgIpc) is 4.02. The van der Waals surface area contributed by atoms with E-state index in [-0.39, 0.29) is 77.0 Å². The van der Waals surface area contributed by atoms with Crippen molar-refractivity contribution in [3.8, 4) is 17.6 Å². The molecule has 0 aromatic heterocycles. The fraction of sp³-hybridized carbons (Fsp3) is 0.244.